The Kier molecular flexibility index (Phi) is 5.14. The molecule has 2 atom stereocenters. The van der Waals surface area contributed by atoms with Gasteiger partial charge in [0.15, 0.2) is 0 Å². The first kappa shape index (κ1) is 16.5. The van der Waals surface area contributed by atoms with Gasteiger partial charge in [-0.25, -0.2) is 9.07 Å². The molecule has 0 spiro atoms. The van der Waals surface area contributed by atoms with E-state index in [0.717, 1.165) is 19.3 Å². The van der Waals surface area contributed by atoms with Crippen molar-refractivity contribution in [2.45, 2.75) is 38.7 Å². The summed E-state index contributed by atoms with van der Waals surface area (Å²) < 4.78 is 20.9. The van der Waals surface area contributed by atoms with Crippen molar-refractivity contribution in [2.24, 2.45) is 5.92 Å². The van der Waals surface area contributed by atoms with E-state index >= 15 is 0 Å². The predicted octanol–water partition coefficient (Wildman–Crippen LogP) is 2.34. The molecule has 1 N–H and O–H groups in total. The van der Waals surface area contributed by atoms with Gasteiger partial charge in [-0.05, 0) is 47.4 Å². The van der Waals surface area contributed by atoms with Crippen molar-refractivity contribution in [3.8, 4) is 5.69 Å². The fourth-order valence-corrected chi connectivity index (χ4v) is 2.94. The fourth-order valence-electron chi connectivity index (χ4n) is 2.94. The molecule has 8 heteroatoms. The van der Waals surface area contributed by atoms with E-state index in [-0.39, 0.29) is 24.3 Å². The standard InChI is InChI=1S/C16H20FN5O2/c1-11-3-2-4-13(7-11)24-9-16(23)19-15-8-12(5-6-14(15)17)22-10-18-20-21-22/h5-6,8,10-11,13H,2-4,7,9H2,1H3,(H,19,23)/t11-,13-/m1/s1. The van der Waals surface area contributed by atoms with E-state index in [4.69, 9.17) is 4.74 Å². The number of carbonyl (C=O) groups is 1. The Morgan fingerprint density at radius 1 is 1.46 bits per heavy atom. The van der Waals surface area contributed by atoms with E-state index in [1.807, 2.05) is 0 Å². The van der Waals surface area contributed by atoms with Crippen molar-refractivity contribution in [3.63, 3.8) is 0 Å². The molecule has 1 heterocycles. The van der Waals surface area contributed by atoms with Gasteiger partial charge in [0.25, 0.3) is 0 Å². The zero-order valence-corrected chi connectivity index (χ0v) is 13.5. The maximum atomic E-state index is 13.9. The van der Waals surface area contributed by atoms with Gasteiger partial charge in [-0.2, -0.15) is 0 Å². The summed E-state index contributed by atoms with van der Waals surface area (Å²) in [5.41, 5.74) is 0.632. The van der Waals surface area contributed by atoms with Crippen LogP contribution in [0.15, 0.2) is 24.5 Å². The molecule has 1 fully saturated rings. The van der Waals surface area contributed by atoms with Crippen LogP contribution >= 0.6 is 0 Å². The highest BCUT2D eigenvalue weighted by Crippen LogP contribution is 2.25. The van der Waals surface area contributed by atoms with E-state index < -0.39 is 5.82 Å². The van der Waals surface area contributed by atoms with E-state index in [9.17, 15) is 9.18 Å². The molecule has 0 unspecified atom stereocenters. The first-order chi connectivity index (χ1) is 11.6. The second-order valence-corrected chi connectivity index (χ2v) is 6.17. The average molecular weight is 333 g/mol. The molecule has 1 aromatic heterocycles. The van der Waals surface area contributed by atoms with Gasteiger partial charge >= 0.3 is 0 Å². The lowest BCUT2D eigenvalue weighted by Gasteiger charge is -2.26. The summed E-state index contributed by atoms with van der Waals surface area (Å²) in [7, 11) is 0. The number of aromatic nitrogens is 4. The molecular formula is C16H20FN5O2. The fraction of sp³-hybridized carbons (Fsp3) is 0.500. The summed E-state index contributed by atoms with van der Waals surface area (Å²) in [4.78, 5) is 12.0. The molecule has 128 valence electrons. The predicted molar refractivity (Wildman–Crippen MR) is 85.1 cm³/mol. The van der Waals surface area contributed by atoms with Gasteiger partial charge in [0.2, 0.25) is 5.91 Å². The van der Waals surface area contributed by atoms with E-state index in [1.165, 1.54) is 35.6 Å². The average Bonchev–Trinajstić information content (AvgIpc) is 3.10. The Balaban J connectivity index is 1.58. The maximum absolute atomic E-state index is 13.9. The minimum atomic E-state index is -0.522. The van der Waals surface area contributed by atoms with Gasteiger partial charge in [0, 0.05) is 0 Å². The summed E-state index contributed by atoms with van der Waals surface area (Å²) in [6.07, 6.45) is 5.78. The number of ether oxygens (including phenoxy) is 1. The van der Waals surface area contributed by atoms with Crippen LogP contribution < -0.4 is 5.32 Å². The third-order valence-electron chi connectivity index (χ3n) is 4.18. The normalized spacial score (nSPS) is 20.8. The molecular weight excluding hydrogens is 313 g/mol. The van der Waals surface area contributed by atoms with Gasteiger partial charge in [-0.1, -0.05) is 19.8 Å². The van der Waals surface area contributed by atoms with Gasteiger partial charge in [0.05, 0.1) is 17.5 Å². The Morgan fingerprint density at radius 2 is 2.33 bits per heavy atom. The summed E-state index contributed by atoms with van der Waals surface area (Å²) in [5.74, 6) is -0.273. The Morgan fingerprint density at radius 3 is 3.08 bits per heavy atom. The van der Waals surface area contributed by atoms with Crippen LogP contribution in [0.25, 0.3) is 5.69 Å². The Labute approximate surface area is 139 Å². The summed E-state index contributed by atoms with van der Waals surface area (Å²) in [6.45, 7) is 2.11. The zero-order chi connectivity index (χ0) is 16.9. The number of hydrogen-bond donors (Lipinski definition) is 1. The lowest BCUT2D eigenvalue weighted by molar-refractivity contribution is -0.123. The minimum Gasteiger partial charge on any atom is -0.368 e. The van der Waals surface area contributed by atoms with Crippen molar-refractivity contribution >= 4 is 11.6 Å². The molecule has 0 saturated heterocycles. The molecule has 0 radical (unpaired) electrons. The SMILES string of the molecule is C[C@@H]1CCC[C@@H](OCC(=O)Nc2cc(-n3cnnn3)ccc2F)C1. The molecule has 1 amide bonds. The smallest absolute Gasteiger partial charge is 0.250 e. The highest BCUT2D eigenvalue weighted by atomic mass is 19.1. The van der Waals surface area contributed by atoms with Crippen LogP contribution in [0.4, 0.5) is 10.1 Å². The summed E-state index contributed by atoms with van der Waals surface area (Å²) in [6, 6.07) is 4.27. The first-order valence-corrected chi connectivity index (χ1v) is 8.06. The number of rotatable bonds is 5. The van der Waals surface area contributed by atoms with Crippen molar-refractivity contribution in [1.29, 1.82) is 0 Å². The Hall–Kier alpha value is -2.35. The number of carbonyl (C=O) groups excluding carboxylic acids is 1. The summed E-state index contributed by atoms with van der Waals surface area (Å²) >= 11 is 0. The van der Waals surface area contributed by atoms with Gasteiger partial charge < -0.3 is 10.1 Å². The molecule has 0 bridgehead atoms. The van der Waals surface area contributed by atoms with Gasteiger partial charge in [-0.15, -0.1) is 5.10 Å². The van der Waals surface area contributed by atoms with Crippen LogP contribution in [-0.2, 0) is 9.53 Å². The quantitative estimate of drug-likeness (QED) is 0.908. The van der Waals surface area contributed by atoms with E-state index in [1.54, 1.807) is 0 Å². The lowest BCUT2D eigenvalue weighted by atomic mass is 9.89. The zero-order valence-electron chi connectivity index (χ0n) is 13.5. The second kappa shape index (κ2) is 7.48. The first-order valence-electron chi connectivity index (χ1n) is 8.06. The van der Waals surface area contributed by atoms with Crippen LogP contribution in [0.5, 0.6) is 0 Å². The molecule has 2 aromatic rings. The topological polar surface area (TPSA) is 81.9 Å². The Bertz CT molecular complexity index is 692. The van der Waals surface area contributed by atoms with Crippen LogP contribution in [0.3, 0.4) is 0 Å². The molecule has 1 saturated carbocycles. The highest BCUT2D eigenvalue weighted by Gasteiger charge is 2.20. The number of hydrogen-bond acceptors (Lipinski definition) is 5. The van der Waals surface area contributed by atoms with Gasteiger partial charge in [-0.3, -0.25) is 4.79 Å². The molecule has 1 aromatic carbocycles. The molecule has 7 nitrogen and oxygen atoms in total. The molecule has 3 rings (SSSR count). The van der Waals surface area contributed by atoms with Crippen molar-refractivity contribution in [2.75, 3.05) is 11.9 Å². The molecule has 24 heavy (non-hydrogen) atoms. The third kappa shape index (κ3) is 4.14. The summed E-state index contributed by atoms with van der Waals surface area (Å²) in [5, 5.41) is 13.3. The van der Waals surface area contributed by atoms with Crippen LogP contribution in [0.1, 0.15) is 32.6 Å². The molecule has 1 aliphatic carbocycles. The number of nitrogens with one attached hydrogen (secondary N) is 1. The van der Waals surface area contributed by atoms with Gasteiger partial charge in [0.1, 0.15) is 18.8 Å². The second-order valence-electron chi connectivity index (χ2n) is 6.17. The number of halogens is 1. The number of tetrazole rings is 1. The largest absolute Gasteiger partial charge is 0.368 e. The maximum Gasteiger partial charge on any atom is 0.250 e. The van der Waals surface area contributed by atoms with E-state index in [0.29, 0.717) is 11.6 Å². The highest BCUT2D eigenvalue weighted by molar-refractivity contribution is 5.92. The molecule has 1 aliphatic rings. The van der Waals surface area contributed by atoms with Crippen molar-refractivity contribution in [1.82, 2.24) is 20.2 Å². The van der Waals surface area contributed by atoms with Crippen LogP contribution in [-0.4, -0.2) is 38.8 Å². The van der Waals surface area contributed by atoms with Crippen LogP contribution in [0.2, 0.25) is 0 Å². The van der Waals surface area contributed by atoms with Crippen LogP contribution in [0, 0.1) is 11.7 Å². The third-order valence-corrected chi connectivity index (χ3v) is 4.18. The van der Waals surface area contributed by atoms with Crippen molar-refractivity contribution in [3.05, 3.63) is 30.3 Å². The molecule has 0 aliphatic heterocycles. The van der Waals surface area contributed by atoms with E-state index in [2.05, 4.69) is 27.8 Å². The monoisotopic (exact) mass is 333 g/mol. The van der Waals surface area contributed by atoms with Crippen molar-refractivity contribution < 1.29 is 13.9 Å². The number of nitrogens with zero attached hydrogens (tertiary/aromatic N) is 4. The number of anilines is 1. The lowest BCUT2D eigenvalue weighted by Crippen LogP contribution is -2.27. The minimum absolute atomic E-state index is 0.0774. The number of amides is 1. The number of benzene rings is 1.